The lowest BCUT2D eigenvalue weighted by atomic mass is 10.2. The van der Waals surface area contributed by atoms with Crippen LogP contribution in [-0.2, 0) is 0 Å². The third-order valence-electron chi connectivity index (χ3n) is 5.73. The van der Waals surface area contributed by atoms with Crippen LogP contribution in [0.4, 0.5) is 37.6 Å². The lowest BCUT2D eigenvalue weighted by Crippen LogP contribution is -2.46. The lowest BCUT2D eigenvalue weighted by Gasteiger charge is -2.35. The zero-order valence-corrected chi connectivity index (χ0v) is 20.2. The van der Waals surface area contributed by atoms with Gasteiger partial charge in [-0.15, -0.1) is 11.3 Å². The average molecular weight is 504 g/mol. The standard InChI is InChI=1S/C23H27F2N7O2S/c1-3-31-7-9-32(10-8-31)15-4-5-16(18(12-15)34-22(24)25)29-23-27-13-14(2)21(30-23)28-17-6-11-35-19(17)20(26)33/h4-6,11-13,22H,3,7-10H2,1-2H3,(H2,26,33)(H2,27,28,29,30). The van der Waals surface area contributed by atoms with Crippen molar-refractivity contribution < 1.29 is 18.3 Å². The topological polar surface area (TPSA) is 109 Å². The Kier molecular flexibility index (Phi) is 7.61. The Balaban J connectivity index is 1.56. The van der Waals surface area contributed by atoms with E-state index in [1.54, 1.807) is 36.7 Å². The van der Waals surface area contributed by atoms with Crippen molar-refractivity contribution >= 4 is 46.1 Å². The molecule has 1 aliphatic heterocycles. The monoisotopic (exact) mass is 503 g/mol. The highest BCUT2D eigenvalue weighted by Crippen LogP contribution is 2.34. The number of rotatable bonds is 9. The van der Waals surface area contributed by atoms with Gasteiger partial charge in [0.15, 0.2) is 5.75 Å². The highest BCUT2D eigenvalue weighted by atomic mass is 32.1. The van der Waals surface area contributed by atoms with Gasteiger partial charge in [0.05, 0.1) is 11.4 Å². The number of alkyl halides is 2. The first kappa shape index (κ1) is 24.6. The molecule has 0 atom stereocenters. The SMILES string of the molecule is CCN1CCN(c2ccc(Nc3ncc(C)c(Nc4ccsc4C(N)=O)n3)c(OC(F)F)c2)CC1. The van der Waals surface area contributed by atoms with Gasteiger partial charge in [-0.2, -0.15) is 13.8 Å². The minimum atomic E-state index is -2.98. The van der Waals surface area contributed by atoms with Crippen molar-refractivity contribution in [2.45, 2.75) is 20.5 Å². The molecule has 1 saturated heterocycles. The number of ether oxygens (including phenoxy) is 1. The second-order valence-corrected chi connectivity index (χ2v) is 8.90. The van der Waals surface area contributed by atoms with E-state index >= 15 is 0 Å². The minimum absolute atomic E-state index is 0.00274. The molecule has 0 aliphatic carbocycles. The fourth-order valence-electron chi connectivity index (χ4n) is 3.80. The molecular formula is C23H27F2N7O2S. The molecule has 4 N–H and O–H groups in total. The summed E-state index contributed by atoms with van der Waals surface area (Å²) >= 11 is 1.22. The zero-order chi connectivity index (χ0) is 24.9. The molecule has 0 saturated carbocycles. The maximum absolute atomic E-state index is 13.2. The molecule has 12 heteroatoms. The minimum Gasteiger partial charge on any atom is -0.433 e. The summed E-state index contributed by atoms with van der Waals surface area (Å²) in [5.41, 5.74) is 7.80. The molecule has 186 valence electrons. The molecule has 4 rings (SSSR count). The maximum Gasteiger partial charge on any atom is 0.387 e. The highest BCUT2D eigenvalue weighted by Gasteiger charge is 2.19. The highest BCUT2D eigenvalue weighted by molar-refractivity contribution is 7.12. The van der Waals surface area contributed by atoms with Crippen LogP contribution in [0.15, 0.2) is 35.8 Å². The Bertz CT molecular complexity index is 1180. The number of nitrogens with one attached hydrogen (secondary N) is 2. The fourth-order valence-corrected chi connectivity index (χ4v) is 4.50. The first-order valence-electron chi connectivity index (χ1n) is 11.1. The number of primary amides is 1. The van der Waals surface area contributed by atoms with Crippen molar-refractivity contribution in [1.82, 2.24) is 14.9 Å². The largest absolute Gasteiger partial charge is 0.433 e. The summed E-state index contributed by atoms with van der Waals surface area (Å²) in [6.45, 7) is 5.37. The molecule has 0 unspecified atom stereocenters. The number of aromatic nitrogens is 2. The number of amides is 1. The summed E-state index contributed by atoms with van der Waals surface area (Å²) in [6, 6.07) is 6.88. The number of piperazine rings is 1. The number of carbonyl (C=O) groups is 1. The molecule has 0 bridgehead atoms. The third kappa shape index (κ3) is 5.95. The Hall–Kier alpha value is -3.51. The number of hydrogen-bond acceptors (Lipinski definition) is 9. The molecule has 3 heterocycles. The first-order valence-corrected chi connectivity index (χ1v) is 12.0. The van der Waals surface area contributed by atoms with E-state index in [1.807, 2.05) is 6.07 Å². The van der Waals surface area contributed by atoms with Crippen LogP contribution in [0.3, 0.4) is 0 Å². The molecule has 0 radical (unpaired) electrons. The quantitative estimate of drug-likeness (QED) is 0.399. The van der Waals surface area contributed by atoms with Gasteiger partial charge in [0.25, 0.3) is 5.91 Å². The molecule has 1 amide bonds. The van der Waals surface area contributed by atoms with Gasteiger partial charge in [-0.25, -0.2) is 4.98 Å². The number of benzene rings is 1. The van der Waals surface area contributed by atoms with E-state index in [0.29, 0.717) is 22.1 Å². The molecule has 0 spiro atoms. The van der Waals surface area contributed by atoms with Crippen LogP contribution in [-0.4, -0.2) is 60.1 Å². The molecular weight excluding hydrogens is 476 g/mol. The summed E-state index contributed by atoms with van der Waals surface area (Å²) < 4.78 is 31.2. The van der Waals surface area contributed by atoms with Crippen molar-refractivity contribution in [2.24, 2.45) is 5.73 Å². The number of nitrogens with zero attached hydrogens (tertiary/aromatic N) is 4. The van der Waals surface area contributed by atoms with Gasteiger partial charge >= 0.3 is 6.61 Å². The number of nitrogens with two attached hydrogens (primary N) is 1. The number of carbonyl (C=O) groups excluding carboxylic acids is 1. The van der Waals surface area contributed by atoms with E-state index in [0.717, 1.165) is 44.0 Å². The van der Waals surface area contributed by atoms with Gasteiger partial charge < -0.3 is 30.9 Å². The van der Waals surface area contributed by atoms with E-state index in [9.17, 15) is 13.6 Å². The van der Waals surface area contributed by atoms with Crippen LogP contribution in [0.1, 0.15) is 22.2 Å². The van der Waals surface area contributed by atoms with E-state index in [1.165, 1.54) is 11.3 Å². The van der Waals surface area contributed by atoms with Gasteiger partial charge in [0.1, 0.15) is 10.7 Å². The van der Waals surface area contributed by atoms with Crippen LogP contribution in [0.25, 0.3) is 0 Å². The number of thiophene rings is 1. The maximum atomic E-state index is 13.2. The predicted molar refractivity (Wildman–Crippen MR) is 134 cm³/mol. The second kappa shape index (κ2) is 10.8. The Morgan fingerprint density at radius 3 is 2.66 bits per heavy atom. The van der Waals surface area contributed by atoms with Gasteiger partial charge in [-0.1, -0.05) is 6.92 Å². The van der Waals surface area contributed by atoms with E-state index in [4.69, 9.17) is 10.5 Å². The Morgan fingerprint density at radius 1 is 1.20 bits per heavy atom. The van der Waals surface area contributed by atoms with Crippen molar-refractivity contribution in [3.05, 3.63) is 46.3 Å². The zero-order valence-electron chi connectivity index (χ0n) is 19.4. The second-order valence-electron chi connectivity index (χ2n) is 7.98. The number of hydrogen-bond donors (Lipinski definition) is 3. The Labute approximate surface area is 205 Å². The summed E-state index contributed by atoms with van der Waals surface area (Å²) in [5.74, 6) is 0.0861. The van der Waals surface area contributed by atoms with Gasteiger partial charge in [0.2, 0.25) is 5.95 Å². The van der Waals surface area contributed by atoms with Crippen LogP contribution in [0.2, 0.25) is 0 Å². The van der Waals surface area contributed by atoms with Crippen molar-refractivity contribution in [2.75, 3.05) is 48.3 Å². The van der Waals surface area contributed by atoms with E-state index in [2.05, 4.69) is 37.3 Å². The lowest BCUT2D eigenvalue weighted by molar-refractivity contribution is -0.0493. The molecule has 3 aromatic rings. The normalized spacial score (nSPS) is 14.3. The number of likely N-dealkylation sites (N-methyl/N-ethyl adjacent to an activating group) is 1. The Morgan fingerprint density at radius 2 is 1.97 bits per heavy atom. The summed E-state index contributed by atoms with van der Waals surface area (Å²) in [5, 5.41) is 7.81. The number of halogens is 2. The number of anilines is 5. The average Bonchev–Trinajstić information content (AvgIpc) is 3.30. The summed E-state index contributed by atoms with van der Waals surface area (Å²) in [7, 11) is 0. The van der Waals surface area contributed by atoms with E-state index < -0.39 is 12.5 Å². The van der Waals surface area contributed by atoms with Gasteiger partial charge in [-0.05, 0) is 37.0 Å². The molecule has 9 nitrogen and oxygen atoms in total. The van der Waals surface area contributed by atoms with Crippen LogP contribution in [0, 0.1) is 6.92 Å². The van der Waals surface area contributed by atoms with Crippen LogP contribution < -0.4 is 26.0 Å². The van der Waals surface area contributed by atoms with Crippen molar-refractivity contribution in [3.63, 3.8) is 0 Å². The van der Waals surface area contributed by atoms with Gasteiger partial charge in [0, 0.05) is 49.7 Å². The predicted octanol–water partition coefficient (Wildman–Crippen LogP) is 4.18. The van der Waals surface area contributed by atoms with Crippen molar-refractivity contribution in [3.8, 4) is 5.75 Å². The van der Waals surface area contributed by atoms with Gasteiger partial charge in [-0.3, -0.25) is 4.79 Å². The summed E-state index contributed by atoms with van der Waals surface area (Å²) in [4.78, 5) is 25.2. The fraction of sp³-hybridized carbons (Fsp3) is 0.348. The molecule has 2 aromatic heterocycles. The van der Waals surface area contributed by atoms with Crippen LogP contribution >= 0.6 is 11.3 Å². The molecule has 1 aliphatic rings. The molecule has 1 fully saturated rings. The first-order chi connectivity index (χ1) is 16.8. The van der Waals surface area contributed by atoms with Crippen molar-refractivity contribution in [1.29, 1.82) is 0 Å². The molecule has 1 aromatic carbocycles. The van der Waals surface area contributed by atoms with E-state index in [-0.39, 0.29) is 11.7 Å². The molecule has 35 heavy (non-hydrogen) atoms. The summed E-state index contributed by atoms with van der Waals surface area (Å²) in [6.07, 6.45) is 1.59. The third-order valence-corrected chi connectivity index (χ3v) is 6.66. The van der Waals surface area contributed by atoms with Crippen LogP contribution in [0.5, 0.6) is 5.75 Å². The number of aryl methyl sites for hydroxylation is 1. The smallest absolute Gasteiger partial charge is 0.387 e.